The van der Waals surface area contributed by atoms with Crippen molar-refractivity contribution >= 4 is 22.1 Å². The van der Waals surface area contributed by atoms with Crippen molar-refractivity contribution in [3.8, 4) is 0 Å². The Morgan fingerprint density at radius 3 is 1.12 bits per heavy atom. The lowest BCUT2D eigenvalue weighted by molar-refractivity contribution is 0.634. The molecule has 180 valence electrons. The van der Waals surface area contributed by atoms with E-state index in [2.05, 4.69) is 73.9 Å². The van der Waals surface area contributed by atoms with Crippen LogP contribution in [0.25, 0.3) is 10.8 Å². The minimum atomic E-state index is 1.18. The van der Waals surface area contributed by atoms with Gasteiger partial charge in [0, 0.05) is 42.9 Å². The van der Waals surface area contributed by atoms with E-state index in [1.807, 2.05) is 0 Å². The van der Waals surface area contributed by atoms with Gasteiger partial charge in [0.1, 0.15) is 0 Å². The molecule has 0 aromatic heterocycles. The number of rotatable bonds is 18. The molecular formula is C30H50N2. The van der Waals surface area contributed by atoms with E-state index in [1.54, 1.807) is 0 Å². The molecule has 0 atom stereocenters. The summed E-state index contributed by atoms with van der Waals surface area (Å²) in [5.41, 5.74) is 2.92. The molecule has 0 bridgehead atoms. The van der Waals surface area contributed by atoms with Gasteiger partial charge in [0.25, 0.3) is 0 Å². The Balaban J connectivity index is 2.43. The summed E-state index contributed by atoms with van der Waals surface area (Å²) < 4.78 is 0. The van der Waals surface area contributed by atoms with Crippen molar-refractivity contribution in [1.29, 1.82) is 0 Å². The zero-order valence-electron chi connectivity index (χ0n) is 21.7. The number of hydrogen-bond donors (Lipinski definition) is 0. The summed E-state index contributed by atoms with van der Waals surface area (Å²) in [4.78, 5) is 5.40. The molecule has 2 rings (SSSR count). The second-order valence-corrected chi connectivity index (χ2v) is 9.45. The smallest absolute Gasteiger partial charge is 0.0466 e. The van der Waals surface area contributed by atoms with E-state index in [4.69, 9.17) is 0 Å². The van der Waals surface area contributed by atoms with Crippen LogP contribution in [0.15, 0.2) is 36.4 Å². The lowest BCUT2D eigenvalue weighted by Crippen LogP contribution is -2.28. The third kappa shape index (κ3) is 8.34. The van der Waals surface area contributed by atoms with Crippen molar-refractivity contribution in [2.24, 2.45) is 0 Å². The number of anilines is 2. The highest BCUT2D eigenvalue weighted by molar-refractivity contribution is 6.03. The molecule has 0 aliphatic heterocycles. The SMILES string of the molecule is CCCCCN(CCCCC)c1cccc2cccc(N(CCCCC)CCCCC)c12. The first-order chi connectivity index (χ1) is 15.8. The topological polar surface area (TPSA) is 6.48 Å². The van der Waals surface area contributed by atoms with Crippen LogP contribution < -0.4 is 9.80 Å². The standard InChI is InChI=1S/C30H50N2/c1-5-9-13-23-31(24-14-10-6-2)28-21-17-19-27-20-18-22-29(30(27)28)32(25-15-11-7-3)26-16-12-8-4/h17-22H,5-16,23-26H2,1-4H3. The second-order valence-electron chi connectivity index (χ2n) is 9.45. The Morgan fingerprint density at radius 2 is 0.812 bits per heavy atom. The quantitative estimate of drug-likeness (QED) is 0.214. The van der Waals surface area contributed by atoms with Crippen molar-refractivity contribution in [3.63, 3.8) is 0 Å². The number of nitrogens with zero attached hydrogens (tertiary/aromatic N) is 2. The van der Waals surface area contributed by atoms with Gasteiger partial charge in [-0.2, -0.15) is 0 Å². The highest BCUT2D eigenvalue weighted by Crippen LogP contribution is 2.36. The molecule has 0 saturated heterocycles. The maximum absolute atomic E-state index is 2.70. The van der Waals surface area contributed by atoms with Crippen molar-refractivity contribution in [1.82, 2.24) is 0 Å². The van der Waals surface area contributed by atoms with Crippen molar-refractivity contribution in [3.05, 3.63) is 36.4 Å². The molecule has 0 aliphatic carbocycles. The van der Waals surface area contributed by atoms with Crippen molar-refractivity contribution in [2.45, 2.75) is 105 Å². The fourth-order valence-electron chi connectivity index (χ4n) is 4.74. The van der Waals surface area contributed by atoms with Gasteiger partial charge in [-0.3, -0.25) is 0 Å². The Hall–Kier alpha value is -1.70. The van der Waals surface area contributed by atoms with Gasteiger partial charge in [-0.1, -0.05) is 103 Å². The highest BCUT2D eigenvalue weighted by Gasteiger charge is 2.16. The summed E-state index contributed by atoms with van der Waals surface area (Å²) >= 11 is 0. The molecule has 0 N–H and O–H groups in total. The summed E-state index contributed by atoms with van der Waals surface area (Å²) in [6, 6.07) is 13.9. The van der Waals surface area contributed by atoms with Gasteiger partial charge in [0.2, 0.25) is 0 Å². The molecule has 32 heavy (non-hydrogen) atoms. The number of fused-ring (bicyclic) bond motifs is 1. The lowest BCUT2D eigenvalue weighted by atomic mass is 10.0. The molecule has 0 unspecified atom stereocenters. The molecule has 2 heteroatoms. The van der Waals surface area contributed by atoms with Gasteiger partial charge in [-0.15, -0.1) is 0 Å². The Morgan fingerprint density at radius 1 is 0.469 bits per heavy atom. The normalized spacial score (nSPS) is 11.2. The van der Waals surface area contributed by atoms with E-state index < -0.39 is 0 Å². The Kier molecular flexibility index (Phi) is 13.3. The average Bonchev–Trinajstić information content (AvgIpc) is 2.82. The van der Waals surface area contributed by atoms with Crippen molar-refractivity contribution < 1.29 is 0 Å². The molecule has 0 fully saturated rings. The Bertz CT molecular complexity index is 660. The predicted molar refractivity (Wildman–Crippen MR) is 146 cm³/mol. The van der Waals surface area contributed by atoms with Crippen LogP contribution in [0.4, 0.5) is 11.4 Å². The average molecular weight is 439 g/mol. The van der Waals surface area contributed by atoms with Crippen LogP contribution in [0.5, 0.6) is 0 Å². The molecule has 0 radical (unpaired) electrons. The zero-order chi connectivity index (χ0) is 23.0. The lowest BCUT2D eigenvalue weighted by Gasteiger charge is -2.31. The molecule has 0 spiro atoms. The largest absolute Gasteiger partial charge is 0.371 e. The molecule has 2 aromatic rings. The summed E-state index contributed by atoms with van der Waals surface area (Å²) in [5, 5.41) is 2.88. The van der Waals surface area contributed by atoms with E-state index in [0.717, 1.165) is 0 Å². The number of benzene rings is 2. The van der Waals surface area contributed by atoms with E-state index in [0.29, 0.717) is 0 Å². The van der Waals surface area contributed by atoms with Gasteiger partial charge in [0.05, 0.1) is 0 Å². The highest BCUT2D eigenvalue weighted by atomic mass is 15.1. The van der Waals surface area contributed by atoms with Crippen LogP contribution in [-0.4, -0.2) is 26.2 Å². The molecule has 0 heterocycles. The van der Waals surface area contributed by atoms with Gasteiger partial charge in [-0.25, -0.2) is 0 Å². The van der Waals surface area contributed by atoms with Crippen molar-refractivity contribution in [2.75, 3.05) is 36.0 Å². The monoisotopic (exact) mass is 438 g/mol. The fourth-order valence-corrected chi connectivity index (χ4v) is 4.74. The minimum absolute atomic E-state index is 1.18. The van der Waals surface area contributed by atoms with E-state index in [1.165, 1.54) is 125 Å². The van der Waals surface area contributed by atoms with Crippen LogP contribution in [0, 0.1) is 0 Å². The summed E-state index contributed by atoms with van der Waals surface area (Å²) in [5.74, 6) is 0. The third-order valence-electron chi connectivity index (χ3n) is 6.67. The molecular weight excluding hydrogens is 388 g/mol. The Labute approximate surface area is 199 Å². The first-order valence-electron chi connectivity index (χ1n) is 13.8. The first-order valence-corrected chi connectivity index (χ1v) is 13.8. The van der Waals surface area contributed by atoms with Crippen LogP contribution in [0.2, 0.25) is 0 Å². The van der Waals surface area contributed by atoms with Gasteiger partial charge >= 0.3 is 0 Å². The minimum Gasteiger partial charge on any atom is -0.371 e. The summed E-state index contributed by atoms with van der Waals surface area (Å²) in [6.45, 7) is 13.9. The maximum Gasteiger partial charge on any atom is 0.0466 e. The number of unbranched alkanes of at least 4 members (excludes halogenated alkanes) is 8. The predicted octanol–water partition coefficient (Wildman–Crippen LogP) is 9.21. The van der Waals surface area contributed by atoms with Gasteiger partial charge in [-0.05, 0) is 43.2 Å². The van der Waals surface area contributed by atoms with Gasteiger partial charge < -0.3 is 9.80 Å². The molecule has 2 aromatic carbocycles. The molecule has 0 saturated carbocycles. The zero-order valence-corrected chi connectivity index (χ0v) is 21.7. The molecule has 0 aliphatic rings. The molecule has 0 amide bonds. The van der Waals surface area contributed by atoms with Crippen LogP contribution in [0.1, 0.15) is 105 Å². The van der Waals surface area contributed by atoms with Crippen LogP contribution >= 0.6 is 0 Å². The third-order valence-corrected chi connectivity index (χ3v) is 6.67. The second kappa shape index (κ2) is 16.0. The summed E-state index contributed by atoms with van der Waals surface area (Å²) in [7, 11) is 0. The van der Waals surface area contributed by atoms with E-state index >= 15 is 0 Å². The van der Waals surface area contributed by atoms with Gasteiger partial charge in [0.15, 0.2) is 0 Å². The fraction of sp³-hybridized carbons (Fsp3) is 0.667. The first kappa shape index (κ1) is 26.6. The van der Waals surface area contributed by atoms with E-state index in [-0.39, 0.29) is 0 Å². The maximum atomic E-state index is 2.70. The van der Waals surface area contributed by atoms with E-state index in [9.17, 15) is 0 Å². The number of hydrogen-bond acceptors (Lipinski definition) is 2. The van der Waals surface area contributed by atoms with Crippen LogP contribution in [-0.2, 0) is 0 Å². The summed E-state index contributed by atoms with van der Waals surface area (Å²) in [6.07, 6.45) is 15.6. The van der Waals surface area contributed by atoms with Crippen LogP contribution in [0.3, 0.4) is 0 Å². The molecule has 2 nitrogen and oxygen atoms in total.